The Morgan fingerprint density at radius 1 is 0.914 bits per heavy atom. The highest BCUT2D eigenvalue weighted by Gasteiger charge is 2.48. The van der Waals surface area contributed by atoms with Crippen molar-refractivity contribution in [1.82, 2.24) is 4.90 Å². The van der Waals surface area contributed by atoms with Crippen molar-refractivity contribution < 1.29 is 14.3 Å². The van der Waals surface area contributed by atoms with Crippen molar-refractivity contribution in [2.45, 2.75) is 80.1 Å². The van der Waals surface area contributed by atoms with Gasteiger partial charge < -0.3 is 9.64 Å². The molecule has 0 fully saturated rings. The fraction of sp³-hybridized carbons (Fsp3) is 0.586. The molecule has 2 aliphatic carbocycles. The highest BCUT2D eigenvalue weighted by Crippen LogP contribution is 2.55. The maximum Gasteiger partial charge on any atom is 0.162 e. The largest absolute Gasteiger partial charge is 0.490 e. The van der Waals surface area contributed by atoms with Crippen molar-refractivity contribution in [3.05, 3.63) is 50.3 Å². The van der Waals surface area contributed by atoms with Crippen LogP contribution < -0.4 is 4.74 Å². The van der Waals surface area contributed by atoms with Gasteiger partial charge in [-0.2, -0.15) is 0 Å². The first-order chi connectivity index (χ1) is 16.2. The van der Waals surface area contributed by atoms with Gasteiger partial charge in [-0.1, -0.05) is 64.7 Å². The standard InChI is InChI=1S/C29H37Cl2NO3/c1-8-32-20-11-28(4,5)13-22(33)25(20)24(26-21(32)12-29(6,7)14-23(26)34)17-9-18(30)27(19(31)10-17)35-15-16(2)3/h9-10,16,24H,8,11-15H2,1-7H3. The first-order valence-electron chi connectivity index (χ1n) is 12.7. The van der Waals surface area contributed by atoms with Crippen molar-refractivity contribution in [3.63, 3.8) is 0 Å². The Hall–Kier alpha value is -1.78. The van der Waals surface area contributed by atoms with E-state index in [9.17, 15) is 9.59 Å². The van der Waals surface area contributed by atoms with E-state index in [1.807, 2.05) is 12.1 Å². The number of rotatable bonds is 5. The Kier molecular flexibility index (Phi) is 6.96. The summed E-state index contributed by atoms with van der Waals surface area (Å²) in [4.78, 5) is 29.7. The molecule has 1 aromatic carbocycles. The lowest BCUT2D eigenvalue weighted by Gasteiger charge is -2.49. The van der Waals surface area contributed by atoms with E-state index in [2.05, 4.69) is 53.4 Å². The lowest BCUT2D eigenvalue weighted by molar-refractivity contribution is -0.119. The Morgan fingerprint density at radius 2 is 1.37 bits per heavy atom. The number of allylic oxidation sites excluding steroid dienone is 4. The third-order valence-electron chi connectivity index (χ3n) is 7.25. The predicted octanol–water partition coefficient (Wildman–Crippen LogP) is 7.73. The number of Topliss-reactive ketones (excluding diaryl/α,β-unsaturated/α-hetero) is 2. The zero-order chi connectivity index (χ0) is 25.9. The van der Waals surface area contributed by atoms with E-state index < -0.39 is 5.92 Å². The van der Waals surface area contributed by atoms with Gasteiger partial charge in [0.1, 0.15) is 0 Å². The van der Waals surface area contributed by atoms with E-state index >= 15 is 0 Å². The number of ether oxygens (including phenoxy) is 1. The molecule has 3 aliphatic rings. The minimum absolute atomic E-state index is 0.108. The number of halogens is 2. The molecule has 0 radical (unpaired) electrons. The summed E-state index contributed by atoms with van der Waals surface area (Å²) in [6, 6.07) is 3.68. The van der Waals surface area contributed by atoms with Gasteiger partial charge in [-0.3, -0.25) is 9.59 Å². The number of carbonyl (C=O) groups excluding carboxylic acids is 2. The molecule has 4 nitrogen and oxygen atoms in total. The van der Waals surface area contributed by atoms with Crippen LogP contribution in [0, 0.1) is 16.7 Å². The Balaban J connectivity index is 1.93. The fourth-order valence-corrected chi connectivity index (χ4v) is 6.51. The van der Waals surface area contributed by atoms with Gasteiger partial charge in [0, 0.05) is 47.8 Å². The number of ketones is 2. The van der Waals surface area contributed by atoms with Crippen LogP contribution in [0.3, 0.4) is 0 Å². The van der Waals surface area contributed by atoms with Gasteiger partial charge in [-0.25, -0.2) is 0 Å². The second-order valence-electron chi connectivity index (χ2n) is 12.3. The summed E-state index contributed by atoms with van der Waals surface area (Å²) in [5.74, 6) is 0.538. The lowest BCUT2D eigenvalue weighted by atomic mass is 9.63. The first kappa shape index (κ1) is 26.3. The summed E-state index contributed by atoms with van der Waals surface area (Å²) in [5, 5.41) is 0.810. The van der Waals surface area contributed by atoms with Gasteiger partial charge in [-0.05, 0) is 54.2 Å². The van der Waals surface area contributed by atoms with Crippen LogP contribution in [0.25, 0.3) is 0 Å². The normalized spacial score (nSPS) is 22.1. The monoisotopic (exact) mass is 517 g/mol. The quantitative estimate of drug-likeness (QED) is 0.400. The second-order valence-corrected chi connectivity index (χ2v) is 13.1. The molecule has 1 aliphatic heterocycles. The molecule has 0 atom stereocenters. The van der Waals surface area contributed by atoms with E-state index in [4.69, 9.17) is 27.9 Å². The fourth-order valence-electron chi connectivity index (χ4n) is 5.90. The molecule has 0 aromatic heterocycles. The van der Waals surface area contributed by atoms with E-state index in [-0.39, 0.29) is 22.4 Å². The minimum Gasteiger partial charge on any atom is -0.490 e. The van der Waals surface area contributed by atoms with Crippen molar-refractivity contribution in [2.75, 3.05) is 13.2 Å². The second kappa shape index (κ2) is 9.27. The van der Waals surface area contributed by atoms with Crippen molar-refractivity contribution >= 4 is 34.8 Å². The van der Waals surface area contributed by atoms with Crippen molar-refractivity contribution in [3.8, 4) is 5.75 Å². The third-order valence-corrected chi connectivity index (χ3v) is 7.81. The van der Waals surface area contributed by atoms with Gasteiger partial charge in [-0.15, -0.1) is 0 Å². The maximum absolute atomic E-state index is 13.7. The van der Waals surface area contributed by atoms with Gasteiger partial charge in [0.2, 0.25) is 0 Å². The minimum atomic E-state index is -0.454. The molecule has 1 aromatic rings. The molecule has 0 bridgehead atoms. The molecule has 0 amide bonds. The van der Waals surface area contributed by atoms with Crippen LogP contribution in [0.15, 0.2) is 34.7 Å². The SMILES string of the molecule is CCN1C2=C(C(=O)CC(C)(C)C2)C(c2cc(Cl)c(OCC(C)C)c(Cl)c2)C2=C1CC(C)(C)CC2=O. The van der Waals surface area contributed by atoms with Gasteiger partial charge >= 0.3 is 0 Å². The summed E-state index contributed by atoms with van der Waals surface area (Å²) >= 11 is 13.4. The summed E-state index contributed by atoms with van der Waals surface area (Å²) < 4.78 is 5.89. The molecule has 4 rings (SSSR count). The average Bonchev–Trinajstić information content (AvgIpc) is 2.69. The topological polar surface area (TPSA) is 46.6 Å². The highest BCUT2D eigenvalue weighted by atomic mass is 35.5. The van der Waals surface area contributed by atoms with Crippen molar-refractivity contribution in [1.29, 1.82) is 0 Å². The van der Waals surface area contributed by atoms with E-state index in [0.29, 0.717) is 41.2 Å². The Bertz CT molecular complexity index is 1070. The summed E-state index contributed by atoms with van der Waals surface area (Å²) in [5.41, 5.74) is 4.09. The zero-order valence-electron chi connectivity index (χ0n) is 22.0. The molecular weight excluding hydrogens is 481 g/mol. The smallest absolute Gasteiger partial charge is 0.162 e. The Labute approximate surface area is 219 Å². The molecular formula is C29H37Cl2NO3. The molecule has 0 saturated carbocycles. The molecule has 0 N–H and O–H groups in total. The van der Waals surface area contributed by atoms with Crippen molar-refractivity contribution in [2.24, 2.45) is 16.7 Å². The highest BCUT2D eigenvalue weighted by molar-refractivity contribution is 6.37. The van der Waals surface area contributed by atoms with Gasteiger partial charge in [0.25, 0.3) is 0 Å². The third kappa shape index (κ3) is 4.93. The maximum atomic E-state index is 13.7. The average molecular weight is 519 g/mol. The molecule has 0 saturated heterocycles. The van der Waals surface area contributed by atoms with Crippen LogP contribution >= 0.6 is 23.2 Å². The van der Waals surface area contributed by atoms with Crippen LogP contribution in [-0.2, 0) is 9.59 Å². The summed E-state index contributed by atoms with van der Waals surface area (Å²) in [7, 11) is 0. The van der Waals surface area contributed by atoms with E-state index in [0.717, 1.165) is 47.5 Å². The molecule has 190 valence electrons. The van der Waals surface area contributed by atoms with E-state index in [1.54, 1.807) is 0 Å². The number of hydrogen-bond acceptors (Lipinski definition) is 4. The number of nitrogens with zero attached hydrogens (tertiary/aromatic N) is 1. The van der Waals surface area contributed by atoms with Crippen LogP contribution in [0.5, 0.6) is 5.75 Å². The first-order valence-corrected chi connectivity index (χ1v) is 13.4. The molecule has 6 heteroatoms. The predicted molar refractivity (Wildman–Crippen MR) is 142 cm³/mol. The molecule has 1 heterocycles. The Morgan fingerprint density at radius 3 is 1.77 bits per heavy atom. The number of benzene rings is 1. The van der Waals surface area contributed by atoms with Gasteiger partial charge in [0.15, 0.2) is 17.3 Å². The zero-order valence-corrected chi connectivity index (χ0v) is 23.5. The van der Waals surface area contributed by atoms with Crippen LogP contribution in [0.2, 0.25) is 10.0 Å². The summed E-state index contributed by atoms with van der Waals surface area (Å²) in [6.45, 7) is 16.0. The van der Waals surface area contributed by atoms with Gasteiger partial charge in [0.05, 0.1) is 16.7 Å². The summed E-state index contributed by atoms with van der Waals surface area (Å²) in [6.07, 6.45) is 2.50. The lowest BCUT2D eigenvalue weighted by Crippen LogP contribution is -2.44. The number of carbonyl (C=O) groups is 2. The van der Waals surface area contributed by atoms with Crippen LogP contribution in [0.4, 0.5) is 0 Å². The van der Waals surface area contributed by atoms with E-state index in [1.165, 1.54) is 0 Å². The number of hydrogen-bond donors (Lipinski definition) is 0. The van der Waals surface area contributed by atoms with Crippen LogP contribution in [-0.4, -0.2) is 29.6 Å². The molecule has 35 heavy (non-hydrogen) atoms. The molecule has 0 spiro atoms. The molecule has 0 unspecified atom stereocenters. The van der Waals surface area contributed by atoms with Crippen LogP contribution in [0.1, 0.15) is 85.6 Å².